The van der Waals surface area contributed by atoms with Crippen LogP contribution < -0.4 is 10.6 Å². The Hall–Kier alpha value is -1.73. The van der Waals surface area contributed by atoms with Crippen molar-refractivity contribution < 1.29 is 18.0 Å². The molecule has 2 rings (SSSR count). The Morgan fingerprint density at radius 1 is 1.39 bits per heavy atom. The van der Waals surface area contributed by atoms with Gasteiger partial charge in [-0.1, -0.05) is 12.8 Å². The number of hydrogen-bond donors (Lipinski definition) is 3. The maximum atomic E-state index is 13.2. The van der Waals surface area contributed by atoms with Gasteiger partial charge in [-0.3, -0.25) is 5.10 Å². The molecule has 0 aromatic carbocycles. The molecule has 130 valence electrons. The molecule has 0 radical (unpaired) electrons. The minimum absolute atomic E-state index is 0.310. The molecule has 1 heterocycles. The molecule has 0 unspecified atom stereocenters. The number of hydrogen-bond acceptors (Lipinski definition) is 2. The maximum absolute atomic E-state index is 13.2. The standard InChI is InChI=1S/C15H23F3N4O/c1-9(7-12-8-10(2)21-22-12)19-14(23)20-13(15(16,17)18)11-5-3-4-6-11/h8-9,11,13H,3-7H2,1-2H3,(H,21,22)(H2,19,20,23)/t9-,13-/m0/s1. The Morgan fingerprint density at radius 2 is 2.04 bits per heavy atom. The largest absolute Gasteiger partial charge is 0.408 e. The third kappa shape index (κ3) is 5.14. The zero-order valence-corrected chi connectivity index (χ0v) is 13.3. The van der Waals surface area contributed by atoms with Gasteiger partial charge >= 0.3 is 12.2 Å². The summed E-state index contributed by atoms with van der Waals surface area (Å²) in [4.78, 5) is 11.9. The third-order valence-electron chi connectivity index (χ3n) is 4.16. The molecule has 23 heavy (non-hydrogen) atoms. The molecule has 0 saturated heterocycles. The van der Waals surface area contributed by atoms with Crippen LogP contribution in [-0.4, -0.2) is 34.5 Å². The van der Waals surface area contributed by atoms with Gasteiger partial charge in [-0.25, -0.2) is 4.79 Å². The van der Waals surface area contributed by atoms with Crippen LogP contribution in [0, 0.1) is 12.8 Å². The quantitative estimate of drug-likeness (QED) is 0.775. The fourth-order valence-corrected chi connectivity index (χ4v) is 3.11. The smallest absolute Gasteiger partial charge is 0.335 e. The number of aromatic nitrogens is 2. The molecular weight excluding hydrogens is 309 g/mol. The summed E-state index contributed by atoms with van der Waals surface area (Å²) in [6, 6.07) is -1.02. The summed E-state index contributed by atoms with van der Waals surface area (Å²) in [5.74, 6) is -0.523. The molecule has 0 bridgehead atoms. The Labute approximate surface area is 133 Å². The lowest BCUT2D eigenvalue weighted by molar-refractivity contribution is -0.164. The van der Waals surface area contributed by atoms with Gasteiger partial charge in [0, 0.05) is 18.2 Å². The minimum Gasteiger partial charge on any atom is -0.335 e. The van der Waals surface area contributed by atoms with Gasteiger partial charge in [0.1, 0.15) is 6.04 Å². The van der Waals surface area contributed by atoms with E-state index in [9.17, 15) is 18.0 Å². The predicted octanol–water partition coefficient (Wildman–Crippen LogP) is 3.07. The van der Waals surface area contributed by atoms with Gasteiger partial charge in [-0.05, 0) is 38.7 Å². The Kier molecular flexibility index (Phi) is 5.54. The average molecular weight is 332 g/mol. The molecule has 1 aromatic heterocycles. The lowest BCUT2D eigenvalue weighted by Crippen LogP contribution is -2.54. The lowest BCUT2D eigenvalue weighted by atomic mass is 9.98. The van der Waals surface area contributed by atoms with E-state index in [1.807, 2.05) is 13.0 Å². The maximum Gasteiger partial charge on any atom is 0.408 e. The molecule has 1 saturated carbocycles. The van der Waals surface area contributed by atoms with Crippen LogP contribution in [0.5, 0.6) is 0 Å². The second kappa shape index (κ2) is 7.23. The van der Waals surface area contributed by atoms with Crippen molar-refractivity contribution in [2.45, 2.75) is 64.2 Å². The molecule has 0 aliphatic heterocycles. The first-order valence-electron chi connectivity index (χ1n) is 7.90. The molecule has 1 aliphatic rings. The Morgan fingerprint density at radius 3 is 2.57 bits per heavy atom. The van der Waals surface area contributed by atoms with E-state index >= 15 is 0 Å². The zero-order chi connectivity index (χ0) is 17.0. The Balaban J connectivity index is 1.88. The van der Waals surface area contributed by atoms with Crippen molar-refractivity contribution in [3.63, 3.8) is 0 Å². The van der Waals surface area contributed by atoms with E-state index in [4.69, 9.17) is 0 Å². The van der Waals surface area contributed by atoms with Crippen LogP contribution in [0.4, 0.5) is 18.0 Å². The fourth-order valence-electron chi connectivity index (χ4n) is 3.11. The molecular formula is C15H23F3N4O. The Bertz CT molecular complexity index is 523. The molecule has 3 N–H and O–H groups in total. The monoisotopic (exact) mass is 332 g/mol. The van der Waals surface area contributed by atoms with Gasteiger partial charge in [0.25, 0.3) is 0 Å². The number of urea groups is 1. The van der Waals surface area contributed by atoms with Crippen molar-refractivity contribution in [1.29, 1.82) is 0 Å². The van der Waals surface area contributed by atoms with Gasteiger partial charge in [0.05, 0.1) is 5.69 Å². The molecule has 1 aromatic rings. The second-order valence-corrected chi connectivity index (χ2v) is 6.33. The number of alkyl halides is 3. The summed E-state index contributed by atoms with van der Waals surface area (Å²) in [5.41, 5.74) is 1.66. The fraction of sp³-hybridized carbons (Fsp3) is 0.733. The van der Waals surface area contributed by atoms with E-state index in [-0.39, 0.29) is 6.04 Å². The number of amides is 2. The highest BCUT2D eigenvalue weighted by atomic mass is 19.4. The van der Waals surface area contributed by atoms with Gasteiger partial charge in [-0.2, -0.15) is 18.3 Å². The van der Waals surface area contributed by atoms with E-state index in [0.29, 0.717) is 19.3 Å². The van der Waals surface area contributed by atoms with Crippen LogP contribution in [0.3, 0.4) is 0 Å². The first kappa shape index (κ1) is 17.6. The van der Waals surface area contributed by atoms with Crippen LogP contribution in [0.25, 0.3) is 0 Å². The summed E-state index contributed by atoms with van der Waals surface area (Å²) >= 11 is 0. The number of carbonyl (C=O) groups excluding carboxylic acids is 1. The highest BCUT2D eigenvalue weighted by Gasteiger charge is 2.46. The van der Waals surface area contributed by atoms with Crippen molar-refractivity contribution in [3.8, 4) is 0 Å². The number of H-pyrrole nitrogens is 1. The lowest BCUT2D eigenvalue weighted by Gasteiger charge is -2.27. The van der Waals surface area contributed by atoms with Crippen molar-refractivity contribution in [2.75, 3.05) is 0 Å². The molecule has 8 heteroatoms. The minimum atomic E-state index is -4.42. The van der Waals surface area contributed by atoms with Gasteiger partial charge in [-0.15, -0.1) is 0 Å². The topological polar surface area (TPSA) is 69.8 Å². The van der Waals surface area contributed by atoms with Gasteiger partial charge in [0.15, 0.2) is 0 Å². The number of nitrogens with one attached hydrogen (secondary N) is 3. The average Bonchev–Trinajstić information content (AvgIpc) is 3.06. The molecule has 1 fully saturated rings. The first-order valence-corrected chi connectivity index (χ1v) is 7.90. The first-order chi connectivity index (χ1) is 10.8. The molecule has 2 atom stereocenters. The van der Waals surface area contributed by atoms with E-state index in [0.717, 1.165) is 24.2 Å². The molecule has 1 aliphatic carbocycles. The highest BCUT2D eigenvalue weighted by Crippen LogP contribution is 2.35. The van der Waals surface area contributed by atoms with Gasteiger partial charge < -0.3 is 10.6 Å². The van der Waals surface area contributed by atoms with E-state index in [1.165, 1.54) is 0 Å². The van der Waals surface area contributed by atoms with Crippen molar-refractivity contribution >= 4 is 6.03 Å². The van der Waals surface area contributed by atoms with Crippen molar-refractivity contribution in [3.05, 3.63) is 17.5 Å². The van der Waals surface area contributed by atoms with Crippen LogP contribution in [-0.2, 0) is 6.42 Å². The summed E-state index contributed by atoms with van der Waals surface area (Å²) in [7, 11) is 0. The number of aromatic amines is 1. The van der Waals surface area contributed by atoms with E-state index < -0.39 is 24.2 Å². The van der Waals surface area contributed by atoms with Crippen molar-refractivity contribution in [2.24, 2.45) is 5.92 Å². The summed E-state index contributed by atoms with van der Waals surface area (Å²) in [6.45, 7) is 3.60. The number of carbonyl (C=O) groups is 1. The van der Waals surface area contributed by atoms with Crippen LogP contribution in [0.15, 0.2) is 6.07 Å². The third-order valence-corrected chi connectivity index (χ3v) is 4.16. The second-order valence-electron chi connectivity index (χ2n) is 6.33. The van der Waals surface area contributed by atoms with Crippen LogP contribution >= 0.6 is 0 Å². The predicted molar refractivity (Wildman–Crippen MR) is 80.0 cm³/mol. The molecule has 2 amide bonds. The SMILES string of the molecule is Cc1cc(C[C@H](C)NC(=O)N[C@@H](C2CCCC2)C(F)(F)F)n[nH]1. The van der Waals surface area contributed by atoms with Crippen LogP contribution in [0.1, 0.15) is 44.0 Å². The van der Waals surface area contributed by atoms with E-state index in [2.05, 4.69) is 20.8 Å². The number of nitrogens with zero attached hydrogens (tertiary/aromatic N) is 1. The highest BCUT2D eigenvalue weighted by molar-refractivity contribution is 5.74. The van der Waals surface area contributed by atoms with E-state index in [1.54, 1.807) is 6.92 Å². The molecule has 0 spiro atoms. The summed E-state index contributed by atoms with van der Waals surface area (Å²) < 4.78 is 39.5. The number of rotatable bonds is 5. The number of aryl methyl sites for hydroxylation is 1. The van der Waals surface area contributed by atoms with Crippen molar-refractivity contribution in [1.82, 2.24) is 20.8 Å². The summed E-state index contributed by atoms with van der Waals surface area (Å²) in [5, 5.41) is 11.5. The number of halogens is 3. The molecule has 5 nitrogen and oxygen atoms in total. The van der Waals surface area contributed by atoms with Gasteiger partial charge in [0.2, 0.25) is 0 Å². The zero-order valence-electron chi connectivity index (χ0n) is 13.3. The summed E-state index contributed by atoms with van der Waals surface area (Å²) in [6.07, 6.45) is -1.38. The van der Waals surface area contributed by atoms with Crippen LogP contribution in [0.2, 0.25) is 0 Å². The normalized spacial score (nSPS) is 18.7.